The van der Waals surface area contributed by atoms with Crippen LogP contribution in [0.3, 0.4) is 0 Å². The molecule has 28 heavy (non-hydrogen) atoms. The lowest BCUT2D eigenvalue weighted by Crippen LogP contribution is -2.58. The van der Waals surface area contributed by atoms with Crippen LogP contribution in [0.2, 0.25) is 0 Å². The van der Waals surface area contributed by atoms with Gasteiger partial charge in [-0.3, -0.25) is 9.80 Å². The third-order valence-electron chi connectivity index (χ3n) is 6.04. The van der Waals surface area contributed by atoms with E-state index < -0.39 is 10.0 Å². The van der Waals surface area contributed by atoms with Gasteiger partial charge in [-0.2, -0.15) is 0 Å². The van der Waals surface area contributed by atoms with Crippen LogP contribution in [0.4, 0.5) is 0 Å². The molecule has 2 saturated heterocycles. The minimum absolute atomic E-state index is 0.0165. The first-order valence-electron chi connectivity index (χ1n) is 9.90. The number of nitrogens with one attached hydrogen (secondary N) is 1. The standard InChI is InChI=1S/C21H29N3O2S2/c1-28(25,26)22-20-9-11-23(15-19-8-5-13-27-19)16-21(20)10-12-24(17-21)14-18-6-3-2-4-7-18/h2-8,13,20,22H,9-12,14-17H2,1H3/t20-,21-/m0/s1. The lowest BCUT2D eigenvalue weighted by atomic mass is 9.75. The van der Waals surface area contributed by atoms with Crippen molar-refractivity contribution in [1.29, 1.82) is 0 Å². The number of hydrogen-bond donors (Lipinski definition) is 1. The summed E-state index contributed by atoms with van der Waals surface area (Å²) in [5.41, 5.74) is 1.30. The van der Waals surface area contributed by atoms with Crippen LogP contribution in [0.5, 0.6) is 0 Å². The molecule has 1 N–H and O–H groups in total. The maximum absolute atomic E-state index is 12.0. The number of thiophene rings is 1. The second-order valence-corrected chi connectivity index (χ2v) is 11.1. The van der Waals surface area contributed by atoms with Gasteiger partial charge in [0.15, 0.2) is 0 Å². The fraction of sp³-hybridized carbons (Fsp3) is 0.524. The molecule has 0 saturated carbocycles. The van der Waals surface area contributed by atoms with Crippen LogP contribution in [0.15, 0.2) is 47.8 Å². The van der Waals surface area contributed by atoms with Crippen molar-refractivity contribution in [1.82, 2.24) is 14.5 Å². The van der Waals surface area contributed by atoms with E-state index in [4.69, 9.17) is 0 Å². The Bertz CT molecular complexity index is 870. The number of rotatable bonds is 6. The van der Waals surface area contributed by atoms with E-state index in [1.807, 2.05) is 6.07 Å². The van der Waals surface area contributed by atoms with Gasteiger partial charge >= 0.3 is 0 Å². The predicted molar refractivity (Wildman–Crippen MR) is 115 cm³/mol. The quantitative estimate of drug-likeness (QED) is 0.782. The van der Waals surface area contributed by atoms with Gasteiger partial charge in [0, 0.05) is 49.1 Å². The average molecular weight is 420 g/mol. The van der Waals surface area contributed by atoms with Gasteiger partial charge in [0.1, 0.15) is 0 Å². The lowest BCUT2D eigenvalue weighted by molar-refractivity contribution is 0.0599. The number of nitrogens with zero attached hydrogens (tertiary/aromatic N) is 2. The lowest BCUT2D eigenvalue weighted by Gasteiger charge is -2.46. The highest BCUT2D eigenvalue weighted by atomic mass is 32.2. The molecule has 0 bridgehead atoms. The summed E-state index contributed by atoms with van der Waals surface area (Å²) in [6.07, 6.45) is 3.20. The Hall–Kier alpha value is -1.25. The van der Waals surface area contributed by atoms with E-state index in [0.29, 0.717) is 0 Å². The molecule has 3 heterocycles. The van der Waals surface area contributed by atoms with E-state index in [1.54, 1.807) is 11.3 Å². The Kier molecular flexibility index (Phi) is 5.90. The molecule has 152 valence electrons. The number of benzene rings is 1. The van der Waals surface area contributed by atoms with Crippen LogP contribution in [0, 0.1) is 5.41 Å². The largest absolute Gasteiger partial charge is 0.298 e. The van der Waals surface area contributed by atoms with Crippen LogP contribution >= 0.6 is 11.3 Å². The van der Waals surface area contributed by atoms with Crippen molar-refractivity contribution in [3.05, 3.63) is 58.3 Å². The first kappa shape index (κ1) is 20.0. The Morgan fingerprint density at radius 3 is 2.50 bits per heavy atom. The number of hydrogen-bond acceptors (Lipinski definition) is 5. The molecule has 1 spiro atoms. The van der Waals surface area contributed by atoms with E-state index >= 15 is 0 Å². The third-order valence-corrected chi connectivity index (χ3v) is 7.61. The molecule has 0 aliphatic carbocycles. The molecule has 4 rings (SSSR count). The molecule has 0 radical (unpaired) electrons. The van der Waals surface area contributed by atoms with Gasteiger partial charge in [-0.05, 0) is 36.4 Å². The summed E-state index contributed by atoms with van der Waals surface area (Å²) in [4.78, 5) is 6.38. The van der Waals surface area contributed by atoms with Crippen LogP contribution in [0.1, 0.15) is 23.3 Å². The molecule has 2 aliphatic heterocycles. The Morgan fingerprint density at radius 1 is 1.07 bits per heavy atom. The highest BCUT2D eigenvalue weighted by Gasteiger charge is 2.48. The van der Waals surface area contributed by atoms with Crippen LogP contribution in [-0.2, 0) is 23.1 Å². The van der Waals surface area contributed by atoms with Crippen molar-refractivity contribution >= 4 is 21.4 Å². The van der Waals surface area contributed by atoms with Gasteiger partial charge in [0.2, 0.25) is 10.0 Å². The Balaban J connectivity index is 1.50. The summed E-state index contributed by atoms with van der Waals surface area (Å²) in [5.74, 6) is 0. The molecule has 1 aromatic carbocycles. The normalized spacial score (nSPS) is 26.8. The van der Waals surface area contributed by atoms with E-state index in [1.165, 1.54) is 16.7 Å². The first-order valence-corrected chi connectivity index (χ1v) is 12.7. The molecule has 5 nitrogen and oxygen atoms in total. The highest BCUT2D eigenvalue weighted by Crippen LogP contribution is 2.40. The topological polar surface area (TPSA) is 52.7 Å². The molecule has 2 fully saturated rings. The summed E-state index contributed by atoms with van der Waals surface area (Å²) in [7, 11) is -3.22. The van der Waals surface area contributed by atoms with Gasteiger partial charge in [-0.25, -0.2) is 13.1 Å². The highest BCUT2D eigenvalue weighted by molar-refractivity contribution is 7.88. The molecule has 7 heteroatoms. The monoisotopic (exact) mass is 419 g/mol. The molecule has 0 unspecified atom stereocenters. The number of sulfonamides is 1. The SMILES string of the molecule is CS(=O)(=O)N[C@H]1CCN(Cc2cccs2)C[C@]12CCN(Cc1ccccc1)C2. The van der Waals surface area contributed by atoms with E-state index in [-0.39, 0.29) is 11.5 Å². The minimum Gasteiger partial charge on any atom is -0.298 e. The fourth-order valence-electron chi connectivity index (χ4n) is 4.83. The summed E-state index contributed by atoms with van der Waals surface area (Å²) >= 11 is 1.80. The van der Waals surface area contributed by atoms with Crippen molar-refractivity contribution in [3.63, 3.8) is 0 Å². The van der Waals surface area contributed by atoms with E-state index in [2.05, 4.69) is 56.3 Å². The number of piperidine rings is 1. The molecule has 1 aromatic heterocycles. The van der Waals surface area contributed by atoms with Gasteiger partial charge in [-0.1, -0.05) is 36.4 Å². The van der Waals surface area contributed by atoms with Gasteiger partial charge < -0.3 is 0 Å². The van der Waals surface area contributed by atoms with Crippen LogP contribution in [0.25, 0.3) is 0 Å². The van der Waals surface area contributed by atoms with Crippen molar-refractivity contribution in [2.24, 2.45) is 5.41 Å². The molecular formula is C21H29N3O2S2. The molecule has 0 amide bonds. The first-order chi connectivity index (χ1) is 13.4. The minimum atomic E-state index is -3.22. The average Bonchev–Trinajstić information content (AvgIpc) is 3.28. The van der Waals surface area contributed by atoms with Crippen molar-refractivity contribution in [2.75, 3.05) is 32.4 Å². The van der Waals surface area contributed by atoms with Gasteiger partial charge in [0.25, 0.3) is 0 Å². The zero-order valence-corrected chi connectivity index (χ0v) is 18.0. The summed E-state index contributed by atoms with van der Waals surface area (Å²) < 4.78 is 27.0. The predicted octanol–water partition coefficient (Wildman–Crippen LogP) is 2.76. The van der Waals surface area contributed by atoms with Gasteiger partial charge in [-0.15, -0.1) is 11.3 Å². The van der Waals surface area contributed by atoms with E-state index in [0.717, 1.165) is 52.1 Å². The molecular weight excluding hydrogens is 390 g/mol. The summed E-state index contributed by atoms with van der Waals surface area (Å²) in [6, 6.07) is 14.9. The Morgan fingerprint density at radius 2 is 1.82 bits per heavy atom. The number of likely N-dealkylation sites (tertiary alicyclic amines) is 2. The zero-order valence-electron chi connectivity index (χ0n) is 16.4. The zero-order chi connectivity index (χ0) is 19.6. The maximum Gasteiger partial charge on any atom is 0.208 e. The van der Waals surface area contributed by atoms with E-state index in [9.17, 15) is 8.42 Å². The molecule has 2 aromatic rings. The smallest absolute Gasteiger partial charge is 0.208 e. The van der Waals surface area contributed by atoms with Gasteiger partial charge in [0.05, 0.1) is 6.26 Å². The van der Waals surface area contributed by atoms with Crippen LogP contribution in [-0.4, -0.2) is 56.7 Å². The Labute approximate surface area is 172 Å². The van der Waals surface area contributed by atoms with Crippen molar-refractivity contribution in [3.8, 4) is 0 Å². The molecule has 2 atom stereocenters. The fourth-order valence-corrected chi connectivity index (χ4v) is 6.46. The van der Waals surface area contributed by atoms with Crippen molar-refractivity contribution < 1.29 is 8.42 Å². The second kappa shape index (κ2) is 8.24. The summed E-state index contributed by atoms with van der Waals surface area (Å²) in [5, 5.41) is 2.13. The second-order valence-electron chi connectivity index (χ2n) is 8.33. The third kappa shape index (κ3) is 4.83. The maximum atomic E-state index is 12.0. The van der Waals surface area contributed by atoms with Crippen LogP contribution < -0.4 is 4.72 Å². The summed E-state index contributed by atoms with van der Waals surface area (Å²) in [6.45, 7) is 5.73. The van der Waals surface area contributed by atoms with Crippen molar-refractivity contribution in [2.45, 2.75) is 32.0 Å². The molecule has 2 aliphatic rings.